The van der Waals surface area contributed by atoms with Crippen molar-refractivity contribution in [2.75, 3.05) is 6.54 Å². The minimum atomic E-state index is -0.894. The molecule has 0 aliphatic heterocycles. The molecule has 3 N–H and O–H groups in total. The molecule has 7 heteroatoms. The third-order valence-electron chi connectivity index (χ3n) is 1.74. The van der Waals surface area contributed by atoms with Gasteiger partial charge in [-0.2, -0.15) is 4.98 Å². The summed E-state index contributed by atoms with van der Waals surface area (Å²) in [7, 11) is 0. The van der Waals surface area contributed by atoms with E-state index in [0.717, 1.165) is 8.66 Å². The van der Waals surface area contributed by atoms with Gasteiger partial charge in [-0.3, -0.25) is 0 Å². The second-order valence-corrected chi connectivity index (χ2v) is 5.27. The normalized spacial score (nSPS) is 13.0. The highest BCUT2D eigenvalue weighted by atomic mass is 79.9. The molecule has 2 aromatic heterocycles. The lowest BCUT2D eigenvalue weighted by atomic mass is 10.3. The van der Waals surface area contributed by atoms with Gasteiger partial charge >= 0.3 is 0 Å². The molecule has 2 heterocycles. The average Bonchev–Trinajstić information content (AvgIpc) is 2.84. The summed E-state index contributed by atoms with van der Waals surface area (Å²) in [5.41, 5.74) is 5.27. The molecule has 2 rings (SSSR count). The van der Waals surface area contributed by atoms with Gasteiger partial charge in [-0.05, 0) is 28.1 Å². The lowest BCUT2D eigenvalue weighted by molar-refractivity contribution is 0.141. The summed E-state index contributed by atoms with van der Waals surface area (Å²) in [6.45, 7) is 0.0652. The molecule has 0 aromatic carbocycles. The van der Waals surface area contributed by atoms with Crippen LogP contribution in [0.2, 0.25) is 0 Å². The van der Waals surface area contributed by atoms with E-state index in [-0.39, 0.29) is 12.4 Å². The van der Waals surface area contributed by atoms with E-state index < -0.39 is 6.10 Å². The predicted molar refractivity (Wildman–Crippen MR) is 59.3 cm³/mol. The molecule has 5 nitrogen and oxygen atoms in total. The van der Waals surface area contributed by atoms with E-state index >= 15 is 0 Å². The van der Waals surface area contributed by atoms with Crippen LogP contribution >= 0.6 is 27.3 Å². The smallest absolute Gasteiger partial charge is 0.257 e. The van der Waals surface area contributed by atoms with Gasteiger partial charge in [0.2, 0.25) is 5.82 Å². The first-order valence-electron chi connectivity index (χ1n) is 4.18. The molecule has 1 atom stereocenters. The molecule has 0 spiro atoms. The third-order valence-corrected chi connectivity index (χ3v) is 3.36. The van der Waals surface area contributed by atoms with Crippen LogP contribution in [0, 0.1) is 0 Å². The summed E-state index contributed by atoms with van der Waals surface area (Å²) in [5, 5.41) is 13.1. The molecule has 2 aromatic rings. The van der Waals surface area contributed by atoms with Gasteiger partial charge in [-0.1, -0.05) is 5.16 Å². The van der Waals surface area contributed by atoms with Gasteiger partial charge in [0.1, 0.15) is 6.10 Å². The summed E-state index contributed by atoms with van der Waals surface area (Å²) in [6, 6.07) is 3.77. The van der Waals surface area contributed by atoms with Crippen molar-refractivity contribution in [3.8, 4) is 10.7 Å². The molecule has 0 saturated carbocycles. The molecule has 0 unspecified atom stereocenters. The molecule has 0 fully saturated rings. The number of aliphatic hydroxyl groups is 1. The Kier molecular flexibility index (Phi) is 3.15. The van der Waals surface area contributed by atoms with Crippen LogP contribution in [0.5, 0.6) is 0 Å². The summed E-state index contributed by atoms with van der Waals surface area (Å²) in [5.74, 6) is 0.616. The minimum Gasteiger partial charge on any atom is -0.382 e. The Morgan fingerprint density at radius 3 is 3.00 bits per heavy atom. The Morgan fingerprint density at radius 1 is 1.60 bits per heavy atom. The largest absolute Gasteiger partial charge is 0.382 e. The fourth-order valence-corrected chi connectivity index (χ4v) is 2.32. The average molecular weight is 290 g/mol. The van der Waals surface area contributed by atoms with Crippen molar-refractivity contribution in [2.45, 2.75) is 6.10 Å². The Balaban J connectivity index is 2.27. The molecule has 0 amide bonds. The zero-order valence-corrected chi connectivity index (χ0v) is 9.96. The molecule has 15 heavy (non-hydrogen) atoms. The molecular weight excluding hydrogens is 282 g/mol. The van der Waals surface area contributed by atoms with Crippen LogP contribution in [-0.2, 0) is 0 Å². The van der Waals surface area contributed by atoms with Crippen LogP contribution in [0.25, 0.3) is 10.7 Å². The van der Waals surface area contributed by atoms with Gasteiger partial charge in [0.15, 0.2) is 0 Å². The second kappa shape index (κ2) is 4.40. The number of aromatic nitrogens is 2. The highest BCUT2D eigenvalue weighted by Gasteiger charge is 2.16. The summed E-state index contributed by atoms with van der Waals surface area (Å²) in [4.78, 5) is 4.92. The van der Waals surface area contributed by atoms with Crippen LogP contribution in [0.15, 0.2) is 20.4 Å². The third kappa shape index (κ3) is 2.25. The van der Waals surface area contributed by atoms with E-state index in [1.165, 1.54) is 11.3 Å². The number of thiophene rings is 1. The van der Waals surface area contributed by atoms with Crippen molar-refractivity contribution in [3.63, 3.8) is 0 Å². The van der Waals surface area contributed by atoms with Crippen molar-refractivity contribution < 1.29 is 9.63 Å². The Bertz CT molecular complexity index is 456. The van der Waals surface area contributed by atoms with Gasteiger partial charge in [-0.15, -0.1) is 11.3 Å². The molecule has 0 saturated heterocycles. The first-order chi connectivity index (χ1) is 7.20. The summed E-state index contributed by atoms with van der Waals surface area (Å²) >= 11 is 4.83. The van der Waals surface area contributed by atoms with Gasteiger partial charge in [-0.25, -0.2) is 0 Å². The Hall–Kier alpha value is -0.760. The van der Waals surface area contributed by atoms with Crippen LogP contribution in [0.3, 0.4) is 0 Å². The second-order valence-electron chi connectivity index (χ2n) is 2.81. The highest BCUT2D eigenvalue weighted by Crippen LogP contribution is 2.29. The Labute approximate surface area is 98.0 Å². The molecule has 0 aliphatic carbocycles. The SMILES string of the molecule is NC[C@H](O)c1nc(-c2ccc(Br)s2)no1. The number of nitrogens with zero attached hydrogens (tertiary/aromatic N) is 2. The maximum atomic E-state index is 9.37. The number of nitrogens with two attached hydrogens (primary N) is 1. The number of rotatable bonds is 3. The first-order valence-corrected chi connectivity index (χ1v) is 5.79. The lowest BCUT2D eigenvalue weighted by Gasteiger charge is -1.97. The number of hydrogen-bond donors (Lipinski definition) is 2. The van der Waals surface area contributed by atoms with Gasteiger partial charge < -0.3 is 15.4 Å². The predicted octanol–water partition coefficient (Wildman–Crippen LogP) is 1.55. The van der Waals surface area contributed by atoms with Gasteiger partial charge in [0, 0.05) is 6.54 Å². The van der Waals surface area contributed by atoms with Crippen LogP contribution < -0.4 is 5.73 Å². The molecular formula is C8H8BrN3O2S. The maximum absolute atomic E-state index is 9.37. The van der Waals surface area contributed by atoms with Crippen LogP contribution in [0.4, 0.5) is 0 Å². The van der Waals surface area contributed by atoms with Gasteiger partial charge in [0.25, 0.3) is 5.89 Å². The highest BCUT2D eigenvalue weighted by molar-refractivity contribution is 9.11. The molecule has 0 radical (unpaired) electrons. The fourth-order valence-electron chi connectivity index (χ4n) is 1.01. The Morgan fingerprint density at radius 2 is 2.40 bits per heavy atom. The molecule has 0 bridgehead atoms. The van der Waals surface area contributed by atoms with E-state index in [1.54, 1.807) is 0 Å². The van der Waals surface area contributed by atoms with E-state index in [1.807, 2.05) is 12.1 Å². The molecule has 0 aliphatic rings. The monoisotopic (exact) mass is 289 g/mol. The van der Waals surface area contributed by atoms with Crippen molar-refractivity contribution in [1.29, 1.82) is 0 Å². The van der Waals surface area contributed by atoms with Crippen molar-refractivity contribution in [1.82, 2.24) is 10.1 Å². The van der Waals surface area contributed by atoms with E-state index in [2.05, 4.69) is 26.1 Å². The van der Waals surface area contributed by atoms with Crippen molar-refractivity contribution in [3.05, 3.63) is 21.8 Å². The lowest BCUT2D eigenvalue weighted by Crippen LogP contribution is -2.11. The van der Waals surface area contributed by atoms with E-state index in [4.69, 9.17) is 10.3 Å². The minimum absolute atomic E-state index is 0.0652. The quantitative estimate of drug-likeness (QED) is 0.896. The standard InChI is InChI=1S/C8H8BrN3O2S/c9-6-2-1-5(15-6)7-11-8(14-12-7)4(13)3-10/h1-2,4,13H,3,10H2/t4-/m0/s1. The fraction of sp³-hybridized carbons (Fsp3) is 0.250. The topological polar surface area (TPSA) is 85.2 Å². The number of hydrogen-bond acceptors (Lipinski definition) is 6. The van der Waals surface area contributed by atoms with E-state index in [0.29, 0.717) is 5.82 Å². The summed E-state index contributed by atoms with van der Waals surface area (Å²) in [6.07, 6.45) is -0.894. The zero-order valence-electron chi connectivity index (χ0n) is 7.55. The van der Waals surface area contributed by atoms with Crippen LogP contribution in [-0.4, -0.2) is 21.8 Å². The first kappa shape index (κ1) is 10.7. The van der Waals surface area contributed by atoms with E-state index in [9.17, 15) is 5.11 Å². The number of aliphatic hydroxyl groups excluding tert-OH is 1. The van der Waals surface area contributed by atoms with Crippen LogP contribution in [0.1, 0.15) is 12.0 Å². The maximum Gasteiger partial charge on any atom is 0.257 e. The zero-order chi connectivity index (χ0) is 10.8. The van der Waals surface area contributed by atoms with Crippen molar-refractivity contribution >= 4 is 27.3 Å². The van der Waals surface area contributed by atoms with Crippen molar-refractivity contribution in [2.24, 2.45) is 5.73 Å². The number of halogens is 1. The van der Waals surface area contributed by atoms with Gasteiger partial charge in [0.05, 0.1) is 8.66 Å². The summed E-state index contributed by atoms with van der Waals surface area (Å²) < 4.78 is 5.87. The molecule has 80 valence electrons.